The molecule has 1 fully saturated rings. The van der Waals surface area contributed by atoms with E-state index in [1.54, 1.807) is 13.8 Å². The van der Waals surface area contributed by atoms with Crippen LogP contribution in [0.15, 0.2) is 24.2 Å². The molecule has 11 heteroatoms. The molecule has 3 N–H and O–H groups in total. The second-order valence-electron chi connectivity index (χ2n) is 5.54. The largest absolute Gasteiger partial charge is 0.387 e. The van der Waals surface area contributed by atoms with E-state index in [2.05, 4.69) is 5.32 Å². The average molecular weight is 392 g/mol. The highest BCUT2D eigenvalue weighted by Gasteiger charge is 2.47. The van der Waals surface area contributed by atoms with Crippen molar-refractivity contribution in [1.82, 2.24) is 10.2 Å². The van der Waals surface area contributed by atoms with Crippen molar-refractivity contribution in [2.24, 2.45) is 0 Å². The van der Waals surface area contributed by atoms with Gasteiger partial charge in [-0.3, -0.25) is 9.36 Å². The van der Waals surface area contributed by atoms with Crippen molar-refractivity contribution in [2.75, 3.05) is 20.3 Å². The topological polar surface area (TPSA) is 127 Å². The summed E-state index contributed by atoms with van der Waals surface area (Å²) in [7, 11) is -2.06. The fourth-order valence-corrected chi connectivity index (χ4v) is 4.06. The van der Waals surface area contributed by atoms with Crippen molar-refractivity contribution >= 4 is 13.5 Å². The Balaban J connectivity index is 2.16. The zero-order valence-electron chi connectivity index (χ0n) is 14.8. The summed E-state index contributed by atoms with van der Waals surface area (Å²) in [6.07, 6.45) is -1.05. The number of nitrogens with zero attached hydrogens (tertiary/aromatic N) is 1. The van der Waals surface area contributed by atoms with Gasteiger partial charge in [-0.2, -0.15) is 0 Å². The lowest BCUT2D eigenvalue weighted by atomic mass is 10.1. The Hall–Kier alpha value is -1.26. The predicted octanol–water partition coefficient (Wildman–Crippen LogP) is 0.0884. The predicted molar refractivity (Wildman–Crippen MR) is 90.6 cm³/mol. The molecule has 2 heterocycles. The lowest BCUT2D eigenvalue weighted by molar-refractivity contribution is -0.151. The highest BCUT2D eigenvalue weighted by molar-refractivity contribution is 7.57. The minimum atomic E-state index is -3.45. The first-order valence-corrected chi connectivity index (χ1v) is 9.85. The van der Waals surface area contributed by atoms with Gasteiger partial charge in [0.15, 0.2) is 6.23 Å². The zero-order valence-corrected chi connectivity index (χ0v) is 15.7. The van der Waals surface area contributed by atoms with E-state index in [0.717, 1.165) is 0 Å². The van der Waals surface area contributed by atoms with Crippen LogP contribution in [0.5, 0.6) is 0 Å². The third kappa shape index (κ3) is 4.72. The quantitative estimate of drug-likeness (QED) is 0.493. The van der Waals surface area contributed by atoms with Crippen LogP contribution in [0.1, 0.15) is 13.8 Å². The molecule has 0 saturated carbocycles. The molecule has 5 atom stereocenters. The van der Waals surface area contributed by atoms with Gasteiger partial charge in [-0.15, -0.1) is 0 Å². The Morgan fingerprint density at radius 1 is 1.35 bits per heavy atom. The fourth-order valence-electron chi connectivity index (χ4n) is 2.71. The van der Waals surface area contributed by atoms with Gasteiger partial charge in [-0.05, 0) is 19.9 Å². The summed E-state index contributed by atoms with van der Waals surface area (Å²) in [6, 6.07) is 0. The summed E-state index contributed by atoms with van der Waals surface area (Å²) < 4.78 is 33.8. The number of aliphatic hydroxyl groups is 2. The van der Waals surface area contributed by atoms with Gasteiger partial charge in [-0.25, -0.2) is 0 Å². The third-order valence-electron chi connectivity index (χ3n) is 3.85. The molecule has 0 spiro atoms. The standard InChI is InChI=1S/C15H25N2O8P/c1-4-23-26(21,24-5-2)9-7-10-12(19)13(22-3)14(25-10)17-8-6-11(18)16-15(17)20/h6-10,12-15,19-20H,4-5H2,1-3H3,(H,16,18)/b9-7+/t10-,12?,13+,14-,15?/m1/s1. The van der Waals surface area contributed by atoms with Gasteiger partial charge in [0.25, 0.3) is 0 Å². The van der Waals surface area contributed by atoms with Crippen LogP contribution in [0.25, 0.3) is 0 Å². The van der Waals surface area contributed by atoms with E-state index >= 15 is 0 Å². The number of methoxy groups -OCH3 is 1. The van der Waals surface area contributed by atoms with Crippen LogP contribution in [0, 0.1) is 0 Å². The summed E-state index contributed by atoms with van der Waals surface area (Å²) in [4.78, 5) is 12.6. The van der Waals surface area contributed by atoms with E-state index < -0.39 is 44.4 Å². The number of rotatable bonds is 8. The molecule has 0 bridgehead atoms. The van der Waals surface area contributed by atoms with E-state index in [0.29, 0.717) is 0 Å². The molecule has 1 amide bonds. The van der Waals surface area contributed by atoms with Crippen molar-refractivity contribution < 1.29 is 38.1 Å². The van der Waals surface area contributed by atoms with Gasteiger partial charge in [0.1, 0.15) is 18.3 Å². The normalized spacial score (nSPS) is 32.4. The molecule has 2 rings (SSSR count). The Morgan fingerprint density at radius 2 is 2.00 bits per heavy atom. The summed E-state index contributed by atoms with van der Waals surface area (Å²) in [5, 5.41) is 22.8. The molecular weight excluding hydrogens is 367 g/mol. The number of carbonyl (C=O) groups is 1. The number of amides is 1. The monoisotopic (exact) mass is 392 g/mol. The molecule has 0 radical (unpaired) electrons. The molecule has 2 aliphatic heterocycles. The number of hydrogen-bond donors (Lipinski definition) is 3. The highest BCUT2D eigenvalue weighted by Crippen LogP contribution is 2.50. The van der Waals surface area contributed by atoms with Crippen LogP contribution in [-0.2, 0) is 27.9 Å². The van der Waals surface area contributed by atoms with Crippen molar-refractivity contribution in [2.45, 2.75) is 44.7 Å². The van der Waals surface area contributed by atoms with Crippen LogP contribution in [-0.4, -0.2) is 72.2 Å². The fraction of sp³-hybridized carbons (Fsp3) is 0.667. The lowest BCUT2D eigenvalue weighted by Crippen LogP contribution is -2.55. The first-order valence-electron chi connectivity index (χ1n) is 8.24. The van der Waals surface area contributed by atoms with Gasteiger partial charge < -0.3 is 39.0 Å². The van der Waals surface area contributed by atoms with E-state index in [-0.39, 0.29) is 13.2 Å². The van der Waals surface area contributed by atoms with Gasteiger partial charge in [0.05, 0.1) is 13.2 Å². The van der Waals surface area contributed by atoms with Crippen LogP contribution in [0.3, 0.4) is 0 Å². The van der Waals surface area contributed by atoms with Crippen molar-refractivity contribution in [3.63, 3.8) is 0 Å². The smallest absolute Gasteiger partial charge is 0.353 e. The summed E-state index contributed by atoms with van der Waals surface area (Å²) >= 11 is 0. The molecule has 26 heavy (non-hydrogen) atoms. The van der Waals surface area contributed by atoms with Gasteiger partial charge in [-0.1, -0.05) is 0 Å². The summed E-state index contributed by atoms with van der Waals surface area (Å²) in [5.41, 5.74) is 0. The first-order chi connectivity index (χ1) is 12.3. The number of carbonyl (C=O) groups excluding carboxylic acids is 1. The van der Waals surface area contributed by atoms with E-state index in [1.165, 1.54) is 36.2 Å². The first kappa shape index (κ1) is 21.0. The molecule has 0 aromatic carbocycles. The van der Waals surface area contributed by atoms with Crippen molar-refractivity contribution in [1.29, 1.82) is 0 Å². The van der Waals surface area contributed by atoms with E-state index in [4.69, 9.17) is 18.5 Å². The minimum Gasteiger partial charge on any atom is -0.387 e. The minimum absolute atomic E-state index is 0.198. The van der Waals surface area contributed by atoms with Gasteiger partial charge in [0.2, 0.25) is 12.3 Å². The third-order valence-corrected chi connectivity index (χ3v) is 5.62. The molecule has 0 aromatic heterocycles. The van der Waals surface area contributed by atoms with E-state index in [1.807, 2.05) is 0 Å². The van der Waals surface area contributed by atoms with Crippen molar-refractivity contribution in [3.05, 3.63) is 24.2 Å². The summed E-state index contributed by atoms with van der Waals surface area (Å²) in [6.45, 7) is 3.78. The Bertz CT molecular complexity index is 588. The number of ether oxygens (including phenoxy) is 2. The maximum absolute atomic E-state index is 12.5. The molecule has 1 saturated heterocycles. The van der Waals surface area contributed by atoms with Crippen LogP contribution in [0.4, 0.5) is 0 Å². The SMILES string of the molecule is CCOP(=O)(/C=C/[C@H]1O[C@@H](N2C=CC(=O)NC2O)[C@@H](OC)C1O)OCC. The molecule has 2 unspecified atom stereocenters. The molecule has 0 aliphatic carbocycles. The Morgan fingerprint density at radius 3 is 2.54 bits per heavy atom. The maximum Gasteiger partial charge on any atom is 0.353 e. The Kier molecular flexibility index (Phi) is 7.36. The molecule has 2 aliphatic rings. The van der Waals surface area contributed by atoms with Crippen LogP contribution >= 0.6 is 7.60 Å². The zero-order chi connectivity index (χ0) is 19.3. The number of nitrogens with one attached hydrogen (secondary N) is 1. The summed E-state index contributed by atoms with van der Waals surface area (Å²) in [5.74, 6) is 0.792. The number of hydrogen-bond acceptors (Lipinski definition) is 9. The number of aliphatic hydroxyl groups excluding tert-OH is 2. The second-order valence-corrected chi connectivity index (χ2v) is 7.44. The maximum atomic E-state index is 12.5. The molecular formula is C15H25N2O8P. The van der Waals surface area contributed by atoms with Crippen molar-refractivity contribution in [3.8, 4) is 0 Å². The average Bonchev–Trinajstić information content (AvgIpc) is 2.89. The van der Waals surface area contributed by atoms with Crippen LogP contribution in [0.2, 0.25) is 0 Å². The molecule has 148 valence electrons. The van der Waals surface area contributed by atoms with Gasteiger partial charge in [0, 0.05) is 25.2 Å². The molecule has 0 aromatic rings. The molecule has 10 nitrogen and oxygen atoms in total. The lowest BCUT2D eigenvalue weighted by Gasteiger charge is -2.36. The highest BCUT2D eigenvalue weighted by atomic mass is 31.2. The van der Waals surface area contributed by atoms with Gasteiger partial charge >= 0.3 is 7.60 Å². The van der Waals surface area contributed by atoms with Crippen LogP contribution < -0.4 is 5.32 Å². The van der Waals surface area contributed by atoms with E-state index in [9.17, 15) is 19.6 Å². The Labute approximate surface area is 151 Å². The second kappa shape index (κ2) is 9.09.